The first-order valence-electron chi connectivity index (χ1n) is 14.4. The molecule has 0 radical (unpaired) electrons. The minimum atomic E-state index is -4.38. The summed E-state index contributed by atoms with van der Waals surface area (Å²) >= 11 is 0. The molecule has 45 heavy (non-hydrogen) atoms. The molecule has 0 bridgehead atoms. The number of nitrogens with one attached hydrogen (secondary N) is 3. The van der Waals surface area contributed by atoms with E-state index in [0.29, 0.717) is 18.4 Å². The first kappa shape index (κ1) is 33.1. The number of aliphatic hydroxyl groups excluding tert-OH is 1. The smallest absolute Gasteiger partial charge is 0.408 e. The lowest BCUT2D eigenvalue weighted by Crippen LogP contribution is -2.62. The summed E-state index contributed by atoms with van der Waals surface area (Å²) in [5.41, 5.74) is 1.28. The Labute approximate surface area is 261 Å². The number of anilines is 1. The molecule has 17 heteroatoms. The van der Waals surface area contributed by atoms with Crippen molar-refractivity contribution < 1.29 is 46.1 Å². The lowest BCUT2D eigenvalue weighted by Gasteiger charge is -2.41. The summed E-state index contributed by atoms with van der Waals surface area (Å²) in [5.74, 6) is -0.0824. The minimum absolute atomic E-state index is 0.00949. The second-order valence-corrected chi connectivity index (χ2v) is 14.6. The summed E-state index contributed by atoms with van der Waals surface area (Å²) in [7, 11) is -8.01. The maximum atomic E-state index is 13.8. The highest BCUT2D eigenvalue weighted by molar-refractivity contribution is 7.92. The highest BCUT2D eigenvalue weighted by Crippen LogP contribution is 2.27. The Morgan fingerprint density at radius 3 is 2.44 bits per heavy atom. The molecule has 1 saturated heterocycles. The average Bonchev–Trinajstić information content (AvgIpc) is 3.65. The standard InChI is InChI=1S/C28H37N5O10S2/c1-44(37,38)32-27-29-22-12-11-21(14-23(22)30-27)45(39,40)31-26(43-20-9-5-6-10-20)25(34)24(13-18-7-3-2-4-8-18)33(28(35)36)19-15-41-17-42-16-19/h2-4,7-8,11-12,14,19-20,24-26,31,34H,5-6,9-10,13,15-17H2,1H3,(H,35,36)(H2,29,30,32)/t24-,25+,26?/m0/s1. The van der Waals surface area contributed by atoms with Crippen LogP contribution in [0.4, 0.5) is 10.7 Å². The molecule has 2 fully saturated rings. The van der Waals surface area contributed by atoms with Crippen LogP contribution >= 0.6 is 0 Å². The Morgan fingerprint density at radius 2 is 1.80 bits per heavy atom. The molecule has 3 atom stereocenters. The van der Waals surface area contributed by atoms with Crippen molar-refractivity contribution >= 4 is 43.1 Å². The molecule has 15 nitrogen and oxygen atoms in total. The molecule has 2 aromatic carbocycles. The number of benzene rings is 2. The number of sulfonamides is 2. The molecule has 1 aliphatic heterocycles. The van der Waals surface area contributed by atoms with Crippen molar-refractivity contribution in [1.82, 2.24) is 19.6 Å². The van der Waals surface area contributed by atoms with Gasteiger partial charge < -0.3 is 29.4 Å². The van der Waals surface area contributed by atoms with Crippen molar-refractivity contribution in [2.75, 3.05) is 31.0 Å². The monoisotopic (exact) mass is 667 g/mol. The number of hydrogen-bond donors (Lipinski definition) is 5. The zero-order chi connectivity index (χ0) is 32.2. The normalized spacial score (nSPS) is 18.9. The summed E-state index contributed by atoms with van der Waals surface area (Å²) in [6, 6.07) is 11.0. The summed E-state index contributed by atoms with van der Waals surface area (Å²) in [4.78, 5) is 20.4. The number of carboxylic acid groups (broad SMARTS) is 1. The molecule has 2 aliphatic rings. The number of aromatic nitrogens is 2. The molecular weight excluding hydrogens is 630 g/mol. The number of nitrogens with zero attached hydrogens (tertiary/aromatic N) is 2. The molecule has 2 heterocycles. The van der Waals surface area contributed by atoms with Crippen LogP contribution in [0.2, 0.25) is 0 Å². The van der Waals surface area contributed by atoms with Gasteiger partial charge in [0.25, 0.3) is 0 Å². The number of ether oxygens (including phenoxy) is 3. The van der Waals surface area contributed by atoms with Gasteiger partial charge in [0.2, 0.25) is 26.0 Å². The fourth-order valence-corrected chi connectivity index (χ4v) is 7.26. The van der Waals surface area contributed by atoms with Crippen LogP contribution in [0.25, 0.3) is 11.0 Å². The number of fused-ring (bicyclic) bond motifs is 1. The van der Waals surface area contributed by atoms with Crippen molar-refractivity contribution in [3.05, 3.63) is 54.1 Å². The molecule has 1 saturated carbocycles. The van der Waals surface area contributed by atoms with E-state index in [4.69, 9.17) is 14.2 Å². The van der Waals surface area contributed by atoms with Crippen LogP contribution in [0.1, 0.15) is 31.2 Å². The lowest BCUT2D eigenvalue weighted by molar-refractivity contribution is -0.152. The van der Waals surface area contributed by atoms with Gasteiger partial charge in [-0.15, -0.1) is 0 Å². The topological polar surface area (TPSA) is 209 Å². The van der Waals surface area contributed by atoms with Gasteiger partial charge >= 0.3 is 6.09 Å². The Balaban J connectivity index is 1.48. The van der Waals surface area contributed by atoms with Crippen LogP contribution in [0.3, 0.4) is 0 Å². The Morgan fingerprint density at radius 1 is 1.11 bits per heavy atom. The zero-order valence-corrected chi connectivity index (χ0v) is 26.2. The summed E-state index contributed by atoms with van der Waals surface area (Å²) in [6.07, 6.45) is -0.830. The molecule has 1 aromatic heterocycles. The van der Waals surface area contributed by atoms with Gasteiger partial charge in [0.05, 0.1) is 53.6 Å². The fraction of sp³-hybridized carbons (Fsp3) is 0.500. The SMILES string of the molecule is CS(=O)(=O)Nc1nc2ccc(S(=O)(=O)NC(OC3CCCC3)[C@H](O)[C@H](Cc3ccccc3)N(C(=O)O)C3COCOC3)cc2[nH]1. The Bertz CT molecular complexity index is 1670. The molecule has 1 aliphatic carbocycles. The van der Waals surface area contributed by atoms with E-state index >= 15 is 0 Å². The molecule has 3 aromatic rings. The number of hydrogen-bond acceptors (Lipinski definition) is 10. The predicted octanol–water partition coefficient (Wildman–Crippen LogP) is 1.82. The van der Waals surface area contributed by atoms with Crippen LogP contribution in [0.5, 0.6) is 0 Å². The average molecular weight is 668 g/mol. The quantitative estimate of drug-likeness (QED) is 0.166. The van der Waals surface area contributed by atoms with Gasteiger partial charge in [0.15, 0.2) is 0 Å². The van der Waals surface area contributed by atoms with E-state index in [1.165, 1.54) is 18.2 Å². The summed E-state index contributed by atoms with van der Waals surface area (Å²) < 4.78 is 72.4. The second-order valence-electron chi connectivity index (χ2n) is 11.2. The predicted molar refractivity (Wildman–Crippen MR) is 162 cm³/mol. The molecular formula is C28H37N5O10S2. The maximum absolute atomic E-state index is 13.8. The third-order valence-corrected chi connectivity index (χ3v) is 9.69. The number of carbonyl (C=O) groups is 1. The van der Waals surface area contributed by atoms with Gasteiger partial charge in [-0.25, -0.2) is 26.6 Å². The number of imidazole rings is 1. The molecule has 1 amide bonds. The van der Waals surface area contributed by atoms with Crippen LogP contribution in [-0.2, 0) is 40.7 Å². The van der Waals surface area contributed by atoms with E-state index in [2.05, 4.69) is 19.4 Å². The van der Waals surface area contributed by atoms with E-state index in [9.17, 15) is 31.8 Å². The third kappa shape index (κ3) is 8.49. The molecule has 1 unspecified atom stereocenters. The number of aliphatic hydroxyl groups is 1. The Kier molecular flexibility index (Phi) is 10.3. The van der Waals surface area contributed by atoms with Gasteiger partial charge in [0, 0.05) is 0 Å². The third-order valence-electron chi connectivity index (χ3n) is 7.71. The van der Waals surface area contributed by atoms with Gasteiger partial charge in [-0.3, -0.25) is 9.62 Å². The van der Waals surface area contributed by atoms with Gasteiger partial charge in [-0.2, -0.15) is 4.72 Å². The summed E-state index contributed by atoms with van der Waals surface area (Å²) in [5, 5.41) is 22.3. The number of H-pyrrole nitrogens is 1. The maximum Gasteiger partial charge on any atom is 0.408 e. The van der Waals surface area contributed by atoms with E-state index < -0.39 is 50.6 Å². The van der Waals surface area contributed by atoms with Crippen molar-refractivity contribution in [2.24, 2.45) is 0 Å². The number of amides is 1. The molecule has 5 N–H and O–H groups in total. The minimum Gasteiger partial charge on any atom is -0.465 e. The largest absolute Gasteiger partial charge is 0.465 e. The summed E-state index contributed by atoms with van der Waals surface area (Å²) in [6.45, 7) is 0.0741. The highest BCUT2D eigenvalue weighted by Gasteiger charge is 2.42. The van der Waals surface area contributed by atoms with Crippen molar-refractivity contribution in [3.8, 4) is 0 Å². The zero-order valence-electron chi connectivity index (χ0n) is 24.5. The van der Waals surface area contributed by atoms with Crippen molar-refractivity contribution in [2.45, 2.75) is 67.5 Å². The lowest BCUT2D eigenvalue weighted by atomic mass is 9.97. The fourth-order valence-electron chi connectivity index (χ4n) is 5.66. The van der Waals surface area contributed by atoms with E-state index in [0.717, 1.165) is 29.6 Å². The molecule has 5 rings (SSSR count). The van der Waals surface area contributed by atoms with E-state index in [1.54, 1.807) is 24.3 Å². The van der Waals surface area contributed by atoms with Crippen LogP contribution in [0.15, 0.2) is 53.4 Å². The van der Waals surface area contributed by atoms with Crippen LogP contribution in [-0.4, -0.2) is 105 Å². The van der Waals surface area contributed by atoms with Crippen LogP contribution in [0, 0.1) is 0 Å². The Hall–Kier alpha value is -3.32. The van der Waals surface area contributed by atoms with Gasteiger partial charge in [-0.05, 0) is 43.0 Å². The van der Waals surface area contributed by atoms with E-state index in [-0.39, 0.29) is 48.9 Å². The number of aromatic amines is 1. The first-order chi connectivity index (χ1) is 21.4. The van der Waals surface area contributed by atoms with Gasteiger partial charge in [0.1, 0.15) is 19.1 Å². The van der Waals surface area contributed by atoms with Crippen molar-refractivity contribution in [1.29, 1.82) is 0 Å². The first-order valence-corrected chi connectivity index (χ1v) is 17.8. The van der Waals surface area contributed by atoms with E-state index in [1.807, 2.05) is 6.07 Å². The molecule has 0 spiro atoms. The highest BCUT2D eigenvalue weighted by atomic mass is 32.2. The number of rotatable bonds is 13. The van der Waals surface area contributed by atoms with Gasteiger partial charge in [-0.1, -0.05) is 43.2 Å². The second kappa shape index (κ2) is 14.0. The van der Waals surface area contributed by atoms with Crippen LogP contribution < -0.4 is 9.44 Å². The molecule has 246 valence electrons. The van der Waals surface area contributed by atoms with Crippen molar-refractivity contribution in [3.63, 3.8) is 0 Å².